The lowest BCUT2D eigenvalue weighted by molar-refractivity contribution is -0.140. The number of aliphatic carboxylic acids is 1. The molecular weight excluding hydrogens is 196 g/mol. The number of unbranched alkanes of at least 4 members (excludes halogenated alkanes) is 1. The Morgan fingerprint density at radius 2 is 2.07 bits per heavy atom. The van der Waals surface area contributed by atoms with Crippen LogP contribution in [0.2, 0.25) is 0 Å². The maximum atomic E-state index is 10.8. The molecule has 5 nitrogen and oxygen atoms in total. The van der Waals surface area contributed by atoms with Gasteiger partial charge >= 0.3 is 5.97 Å². The van der Waals surface area contributed by atoms with Gasteiger partial charge in [0.15, 0.2) is 0 Å². The number of carbonyl (C=O) groups is 2. The molecule has 4 N–H and O–H groups in total. The second-order valence-corrected chi connectivity index (χ2v) is 3.77. The molecule has 0 bridgehead atoms. The van der Waals surface area contributed by atoms with Gasteiger partial charge in [-0.3, -0.25) is 9.59 Å². The maximum absolute atomic E-state index is 10.8. The molecule has 0 aromatic heterocycles. The number of nitrogens with two attached hydrogens (primary N) is 1. The van der Waals surface area contributed by atoms with Gasteiger partial charge in [-0.1, -0.05) is 19.8 Å². The van der Waals surface area contributed by atoms with Crippen LogP contribution in [0.5, 0.6) is 0 Å². The average molecular weight is 216 g/mol. The molecule has 0 spiro atoms. The van der Waals surface area contributed by atoms with Crippen molar-refractivity contribution in [3.05, 3.63) is 0 Å². The molecule has 88 valence electrons. The van der Waals surface area contributed by atoms with E-state index >= 15 is 0 Å². The molecule has 0 aliphatic rings. The molecular formula is C10H20N2O3. The lowest BCUT2D eigenvalue weighted by atomic mass is 10.1. The fourth-order valence-electron chi connectivity index (χ4n) is 1.39. The van der Waals surface area contributed by atoms with Crippen LogP contribution in [0.15, 0.2) is 0 Å². The van der Waals surface area contributed by atoms with Crippen LogP contribution in [0, 0.1) is 0 Å². The maximum Gasteiger partial charge on any atom is 0.320 e. The largest absolute Gasteiger partial charge is 0.480 e. The first kappa shape index (κ1) is 13.9. The van der Waals surface area contributed by atoms with Crippen molar-refractivity contribution < 1.29 is 14.7 Å². The third-order valence-corrected chi connectivity index (χ3v) is 2.14. The summed E-state index contributed by atoms with van der Waals surface area (Å²) in [6.45, 7) is 3.76. The number of rotatable bonds is 8. The number of hydrogen-bond acceptors (Lipinski definition) is 3. The van der Waals surface area contributed by atoms with Gasteiger partial charge in [0.1, 0.15) is 6.04 Å². The van der Waals surface area contributed by atoms with Crippen molar-refractivity contribution in [3.8, 4) is 0 Å². The summed E-state index contributed by atoms with van der Waals surface area (Å²) in [6.07, 6.45) is 2.55. The van der Waals surface area contributed by atoms with Gasteiger partial charge in [-0.25, -0.2) is 0 Å². The Morgan fingerprint density at radius 3 is 2.47 bits per heavy atom. The zero-order chi connectivity index (χ0) is 11.8. The van der Waals surface area contributed by atoms with Crippen molar-refractivity contribution in [1.29, 1.82) is 0 Å². The fraction of sp³-hybridized carbons (Fsp3) is 0.800. The Hall–Kier alpha value is -1.10. The number of amides is 1. The first-order chi connectivity index (χ1) is 6.97. The van der Waals surface area contributed by atoms with Crippen LogP contribution in [0.25, 0.3) is 0 Å². The second-order valence-electron chi connectivity index (χ2n) is 3.77. The van der Waals surface area contributed by atoms with Crippen LogP contribution < -0.4 is 11.1 Å². The highest BCUT2D eigenvalue weighted by atomic mass is 16.4. The summed E-state index contributed by atoms with van der Waals surface area (Å²) in [4.78, 5) is 21.5. The van der Waals surface area contributed by atoms with Gasteiger partial charge in [-0.2, -0.15) is 0 Å². The highest BCUT2D eigenvalue weighted by Crippen LogP contribution is 2.03. The van der Waals surface area contributed by atoms with E-state index in [0.717, 1.165) is 12.8 Å². The van der Waals surface area contributed by atoms with Crippen molar-refractivity contribution >= 4 is 11.9 Å². The molecule has 5 heteroatoms. The minimum Gasteiger partial charge on any atom is -0.480 e. The second kappa shape index (κ2) is 7.23. The lowest BCUT2D eigenvalue weighted by Gasteiger charge is -2.18. The number of primary amides is 1. The Kier molecular flexibility index (Phi) is 6.70. The number of nitrogens with one attached hydrogen (secondary N) is 1. The molecule has 0 aliphatic carbocycles. The summed E-state index contributed by atoms with van der Waals surface area (Å²) in [5.41, 5.74) is 5.02. The first-order valence-corrected chi connectivity index (χ1v) is 5.24. The van der Waals surface area contributed by atoms with Crippen LogP contribution in [-0.4, -0.2) is 29.1 Å². The Labute approximate surface area is 90.0 Å². The number of hydrogen-bond donors (Lipinski definition) is 3. The van der Waals surface area contributed by atoms with E-state index < -0.39 is 17.9 Å². The number of carboxylic acid groups (broad SMARTS) is 1. The van der Waals surface area contributed by atoms with Crippen LogP contribution >= 0.6 is 0 Å². The van der Waals surface area contributed by atoms with Crippen molar-refractivity contribution in [2.24, 2.45) is 5.73 Å². The summed E-state index contributed by atoms with van der Waals surface area (Å²) in [7, 11) is 0. The van der Waals surface area contributed by atoms with E-state index in [-0.39, 0.29) is 12.5 Å². The van der Waals surface area contributed by atoms with E-state index in [2.05, 4.69) is 5.32 Å². The van der Waals surface area contributed by atoms with Crippen molar-refractivity contribution in [1.82, 2.24) is 5.32 Å². The molecule has 15 heavy (non-hydrogen) atoms. The molecule has 1 amide bonds. The average Bonchev–Trinajstić information content (AvgIpc) is 2.10. The summed E-state index contributed by atoms with van der Waals surface area (Å²) < 4.78 is 0. The highest BCUT2D eigenvalue weighted by molar-refractivity contribution is 5.75. The SMILES string of the molecule is CCCCC(NC(C)CC(N)=O)C(=O)O. The zero-order valence-electron chi connectivity index (χ0n) is 9.32. The zero-order valence-corrected chi connectivity index (χ0v) is 9.32. The van der Waals surface area contributed by atoms with Gasteiger partial charge < -0.3 is 16.2 Å². The number of carbonyl (C=O) groups excluding carboxylic acids is 1. The molecule has 0 saturated heterocycles. The third-order valence-electron chi connectivity index (χ3n) is 2.14. The Balaban J connectivity index is 4.03. The van der Waals surface area contributed by atoms with Crippen LogP contribution in [0.3, 0.4) is 0 Å². The van der Waals surface area contributed by atoms with Gasteiger partial charge in [-0.05, 0) is 13.3 Å². The molecule has 0 aromatic carbocycles. The van der Waals surface area contributed by atoms with E-state index in [9.17, 15) is 9.59 Å². The first-order valence-electron chi connectivity index (χ1n) is 5.24. The molecule has 0 heterocycles. The van der Waals surface area contributed by atoms with Gasteiger partial charge in [-0.15, -0.1) is 0 Å². The van der Waals surface area contributed by atoms with E-state index in [1.54, 1.807) is 6.92 Å². The standard InChI is InChI=1S/C10H20N2O3/c1-3-4-5-8(10(14)15)12-7(2)6-9(11)13/h7-8,12H,3-6H2,1-2H3,(H2,11,13)(H,14,15). The van der Waals surface area contributed by atoms with Gasteiger partial charge in [0.05, 0.1) is 0 Å². The van der Waals surface area contributed by atoms with Gasteiger partial charge in [0, 0.05) is 12.5 Å². The van der Waals surface area contributed by atoms with E-state index in [0.29, 0.717) is 6.42 Å². The van der Waals surface area contributed by atoms with Crippen molar-refractivity contribution in [3.63, 3.8) is 0 Å². The van der Waals surface area contributed by atoms with Crippen LogP contribution in [0.4, 0.5) is 0 Å². The molecule has 0 aliphatic heterocycles. The molecule has 0 aromatic rings. The predicted octanol–water partition coefficient (Wildman–Crippen LogP) is 0.483. The summed E-state index contributed by atoms with van der Waals surface area (Å²) in [5, 5.41) is 11.8. The van der Waals surface area contributed by atoms with Crippen molar-refractivity contribution in [2.45, 2.75) is 51.6 Å². The minimum atomic E-state index is -0.875. The molecule has 0 rings (SSSR count). The Bertz CT molecular complexity index is 219. The van der Waals surface area contributed by atoms with Crippen LogP contribution in [-0.2, 0) is 9.59 Å². The van der Waals surface area contributed by atoms with E-state index in [1.165, 1.54) is 0 Å². The Morgan fingerprint density at radius 1 is 1.47 bits per heavy atom. The molecule has 0 saturated carbocycles. The molecule has 0 fully saturated rings. The summed E-state index contributed by atoms with van der Waals surface area (Å²) >= 11 is 0. The lowest BCUT2D eigenvalue weighted by Crippen LogP contribution is -2.43. The van der Waals surface area contributed by atoms with Gasteiger partial charge in [0.25, 0.3) is 0 Å². The fourth-order valence-corrected chi connectivity index (χ4v) is 1.39. The monoisotopic (exact) mass is 216 g/mol. The summed E-state index contributed by atoms with van der Waals surface area (Å²) in [6, 6.07) is -0.778. The van der Waals surface area contributed by atoms with E-state index in [1.807, 2.05) is 6.92 Å². The normalized spacial score (nSPS) is 14.5. The topological polar surface area (TPSA) is 92.4 Å². The molecule has 2 unspecified atom stereocenters. The smallest absolute Gasteiger partial charge is 0.320 e. The van der Waals surface area contributed by atoms with E-state index in [4.69, 9.17) is 10.8 Å². The van der Waals surface area contributed by atoms with Gasteiger partial charge in [0.2, 0.25) is 5.91 Å². The molecule has 2 atom stereocenters. The predicted molar refractivity (Wildman–Crippen MR) is 57.4 cm³/mol. The number of carboxylic acids is 1. The third kappa shape index (κ3) is 6.90. The summed E-state index contributed by atoms with van der Waals surface area (Å²) in [5.74, 6) is -1.30. The minimum absolute atomic E-state index is 0.163. The quantitative estimate of drug-likeness (QED) is 0.550. The van der Waals surface area contributed by atoms with Crippen molar-refractivity contribution in [2.75, 3.05) is 0 Å². The van der Waals surface area contributed by atoms with Crippen LogP contribution in [0.1, 0.15) is 39.5 Å². The molecule has 0 radical (unpaired) electrons. The highest BCUT2D eigenvalue weighted by Gasteiger charge is 2.19.